The lowest BCUT2D eigenvalue weighted by atomic mass is 10.1. The van der Waals surface area contributed by atoms with Gasteiger partial charge in [0.2, 0.25) is 5.89 Å². The van der Waals surface area contributed by atoms with Gasteiger partial charge < -0.3 is 4.52 Å². The molecule has 154 valence electrons. The Morgan fingerprint density at radius 2 is 1.73 bits per heavy atom. The molecule has 0 spiro atoms. The van der Waals surface area contributed by atoms with E-state index in [0.29, 0.717) is 23.2 Å². The number of hydrogen-bond acceptors (Lipinski definition) is 6. The van der Waals surface area contributed by atoms with Crippen LogP contribution >= 0.6 is 23.4 Å². The Labute approximate surface area is 184 Å². The number of aromatic nitrogens is 5. The van der Waals surface area contributed by atoms with Crippen LogP contribution in [-0.4, -0.2) is 24.9 Å². The highest BCUT2D eigenvalue weighted by molar-refractivity contribution is 7.99. The van der Waals surface area contributed by atoms with E-state index >= 15 is 0 Å². The summed E-state index contributed by atoms with van der Waals surface area (Å²) in [6.07, 6.45) is 0.670. The SMILES string of the molecule is CC(C)c1noc([C@H](C)Sc2nnc(Cc3ccccc3)n2-c2ccc(Cl)cc2)n1. The van der Waals surface area contributed by atoms with Gasteiger partial charge in [-0.25, -0.2) is 0 Å². The molecule has 0 saturated carbocycles. The molecule has 2 heterocycles. The zero-order valence-corrected chi connectivity index (χ0v) is 18.6. The lowest BCUT2D eigenvalue weighted by molar-refractivity contribution is 0.373. The van der Waals surface area contributed by atoms with Crippen LogP contribution in [0.25, 0.3) is 5.69 Å². The lowest BCUT2D eigenvalue weighted by Gasteiger charge is -2.12. The highest BCUT2D eigenvalue weighted by Gasteiger charge is 2.22. The summed E-state index contributed by atoms with van der Waals surface area (Å²) in [5, 5.41) is 14.4. The van der Waals surface area contributed by atoms with E-state index in [0.717, 1.165) is 16.7 Å². The molecular formula is C22H22ClN5OS. The molecule has 0 unspecified atom stereocenters. The number of rotatable bonds is 7. The van der Waals surface area contributed by atoms with E-state index in [4.69, 9.17) is 16.1 Å². The molecule has 2 aromatic heterocycles. The highest BCUT2D eigenvalue weighted by atomic mass is 35.5. The Morgan fingerprint density at radius 1 is 1.00 bits per heavy atom. The van der Waals surface area contributed by atoms with E-state index in [1.165, 1.54) is 17.3 Å². The summed E-state index contributed by atoms with van der Waals surface area (Å²) in [5.41, 5.74) is 2.13. The third-order valence-corrected chi connectivity index (χ3v) is 5.88. The average Bonchev–Trinajstić information content (AvgIpc) is 3.38. The second-order valence-electron chi connectivity index (χ2n) is 7.28. The fraction of sp³-hybridized carbons (Fsp3) is 0.273. The lowest BCUT2D eigenvalue weighted by Crippen LogP contribution is -2.04. The van der Waals surface area contributed by atoms with E-state index in [2.05, 4.69) is 37.0 Å². The summed E-state index contributed by atoms with van der Waals surface area (Å²) in [7, 11) is 0. The van der Waals surface area contributed by atoms with Gasteiger partial charge in [-0.05, 0) is 36.8 Å². The molecule has 1 atom stereocenters. The van der Waals surface area contributed by atoms with Crippen molar-refractivity contribution < 1.29 is 4.52 Å². The Hall–Kier alpha value is -2.64. The first kappa shape index (κ1) is 20.6. The minimum atomic E-state index is -0.0650. The summed E-state index contributed by atoms with van der Waals surface area (Å²) in [4.78, 5) is 4.52. The van der Waals surface area contributed by atoms with Crippen molar-refractivity contribution in [1.82, 2.24) is 24.9 Å². The Morgan fingerprint density at radius 3 is 2.40 bits per heavy atom. The predicted molar refractivity (Wildman–Crippen MR) is 118 cm³/mol. The van der Waals surface area contributed by atoms with Crippen molar-refractivity contribution in [3.8, 4) is 5.69 Å². The van der Waals surface area contributed by atoms with Crippen molar-refractivity contribution in [1.29, 1.82) is 0 Å². The van der Waals surface area contributed by atoms with Gasteiger partial charge in [0.1, 0.15) is 5.82 Å². The van der Waals surface area contributed by atoms with Crippen LogP contribution in [-0.2, 0) is 6.42 Å². The Bertz CT molecular complexity index is 1110. The zero-order valence-electron chi connectivity index (χ0n) is 17.0. The Balaban J connectivity index is 1.67. The second kappa shape index (κ2) is 9.02. The molecule has 0 fully saturated rings. The summed E-state index contributed by atoms with van der Waals surface area (Å²) < 4.78 is 7.53. The first-order chi connectivity index (χ1) is 14.5. The van der Waals surface area contributed by atoms with Crippen molar-refractivity contribution in [2.75, 3.05) is 0 Å². The maximum Gasteiger partial charge on any atom is 0.239 e. The predicted octanol–water partition coefficient (Wildman–Crippen LogP) is 5.87. The van der Waals surface area contributed by atoms with Gasteiger partial charge in [0.25, 0.3) is 0 Å². The van der Waals surface area contributed by atoms with Gasteiger partial charge in [0.05, 0.1) is 5.25 Å². The summed E-state index contributed by atoms with van der Waals surface area (Å²) in [5.74, 6) is 2.36. The number of hydrogen-bond donors (Lipinski definition) is 0. The van der Waals surface area contributed by atoms with Gasteiger partial charge >= 0.3 is 0 Å². The molecule has 0 saturated heterocycles. The van der Waals surface area contributed by atoms with Gasteiger partial charge in [0.15, 0.2) is 11.0 Å². The third-order valence-electron chi connectivity index (χ3n) is 4.59. The van der Waals surface area contributed by atoms with Crippen LogP contribution in [0.4, 0.5) is 0 Å². The number of halogens is 1. The van der Waals surface area contributed by atoms with E-state index in [1.807, 2.05) is 63.2 Å². The van der Waals surface area contributed by atoms with E-state index in [-0.39, 0.29) is 11.2 Å². The van der Waals surface area contributed by atoms with Gasteiger partial charge in [0, 0.05) is 23.0 Å². The smallest absolute Gasteiger partial charge is 0.239 e. The van der Waals surface area contributed by atoms with E-state index in [1.54, 1.807) is 0 Å². The van der Waals surface area contributed by atoms with Crippen LogP contribution in [0, 0.1) is 0 Å². The minimum Gasteiger partial charge on any atom is -0.338 e. The van der Waals surface area contributed by atoms with Crippen molar-refractivity contribution in [2.45, 2.75) is 43.5 Å². The number of nitrogens with zero attached hydrogens (tertiary/aromatic N) is 5. The van der Waals surface area contributed by atoms with Crippen molar-refractivity contribution in [3.63, 3.8) is 0 Å². The number of benzene rings is 2. The molecule has 0 N–H and O–H groups in total. The molecule has 4 aromatic rings. The van der Waals surface area contributed by atoms with Gasteiger partial charge in [-0.1, -0.05) is 72.7 Å². The fourth-order valence-corrected chi connectivity index (χ4v) is 4.02. The van der Waals surface area contributed by atoms with E-state index in [9.17, 15) is 0 Å². The molecule has 2 aromatic carbocycles. The third kappa shape index (κ3) is 4.57. The summed E-state index contributed by atoms with van der Waals surface area (Å²) in [6, 6.07) is 17.9. The van der Waals surface area contributed by atoms with Crippen LogP contribution in [0.5, 0.6) is 0 Å². The maximum absolute atomic E-state index is 6.10. The monoisotopic (exact) mass is 439 g/mol. The Kier molecular flexibility index (Phi) is 6.20. The van der Waals surface area contributed by atoms with Crippen LogP contribution in [0.3, 0.4) is 0 Å². The highest BCUT2D eigenvalue weighted by Crippen LogP contribution is 2.35. The van der Waals surface area contributed by atoms with Crippen LogP contribution in [0.1, 0.15) is 55.0 Å². The molecule has 0 aliphatic carbocycles. The van der Waals surface area contributed by atoms with Gasteiger partial charge in [-0.3, -0.25) is 4.57 Å². The fourth-order valence-electron chi connectivity index (χ4n) is 2.97. The first-order valence-electron chi connectivity index (χ1n) is 9.75. The standard InChI is InChI=1S/C22H22ClN5OS/c1-14(2)20-24-21(29-27-20)15(3)30-22-26-25-19(13-16-7-5-4-6-8-16)28(22)18-11-9-17(23)10-12-18/h4-12,14-15H,13H2,1-3H3/t15-/m0/s1. The molecule has 0 radical (unpaired) electrons. The topological polar surface area (TPSA) is 69.6 Å². The van der Waals surface area contributed by atoms with Gasteiger partial charge in [-0.15, -0.1) is 10.2 Å². The average molecular weight is 440 g/mol. The first-order valence-corrected chi connectivity index (χ1v) is 11.0. The molecular weight excluding hydrogens is 418 g/mol. The maximum atomic E-state index is 6.10. The van der Waals surface area contributed by atoms with Crippen LogP contribution in [0.2, 0.25) is 5.02 Å². The summed E-state index contributed by atoms with van der Waals surface area (Å²) >= 11 is 7.64. The number of thioether (sulfide) groups is 1. The van der Waals surface area contributed by atoms with Crippen molar-refractivity contribution >= 4 is 23.4 Å². The molecule has 4 rings (SSSR count). The molecule has 0 amide bonds. The molecule has 0 aliphatic heterocycles. The summed E-state index contributed by atoms with van der Waals surface area (Å²) in [6.45, 7) is 6.11. The second-order valence-corrected chi connectivity index (χ2v) is 9.02. The van der Waals surface area contributed by atoms with Crippen LogP contribution < -0.4 is 0 Å². The minimum absolute atomic E-state index is 0.0650. The molecule has 6 nitrogen and oxygen atoms in total. The van der Waals surface area contributed by atoms with E-state index < -0.39 is 0 Å². The molecule has 30 heavy (non-hydrogen) atoms. The zero-order chi connectivity index (χ0) is 21.1. The molecule has 8 heteroatoms. The van der Waals surface area contributed by atoms with Gasteiger partial charge in [-0.2, -0.15) is 4.98 Å². The normalized spacial score (nSPS) is 12.4. The molecule has 0 aliphatic rings. The van der Waals surface area contributed by atoms with Crippen LogP contribution in [0.15, 0.2) is 64.3 Å². The molecule has 0 bridgehead atoms. The largest absolute Gasteiger partial charge is 0.338 e. The van der Waals surface area contributed by atoms with Crippen molar-refractivity contribution in [2.24, 2.45) is 0 Å². The van der Waals surface area contributed by atoms with Crippen molar-refractivity contribution in [3.05, 3.63) is 82.7 Å². The quantitative estimate of drug-likeness (QED) is 0.335.